The topological polar surface area (TPSA) is 81.1 Å². The number of benzene rings is 1. The first-order valence-corrected chi connectivity index (χ1v) is 9.29. The Morgan fingerprint density at radius 2 is 1.97 bits per heavy atom. The SMILES string of the molecule is O=C1CCC(c2cccc(-c3cnc(-n4ccccc4=O)c(F)c3)c2Cl)C(=O)N1. The number of carbonyl (C=O) groups excluding carboxylic acids is 2. The lowest BCUT2D eigenvalue weighted by Gasteiger charge is -2.23. The molecule has 1 fully saturated rings. The number of hydrogen-bond acceptors (Lipinski definition) is 4. The summed E-state index contributed by atoms with van der Waals surface area (Å²) >= 11 is 6.54. The van der Waals surface area contributed by atoms with Crippen LogP contribution >= 0.6 is 11.6 Å². The van der Waals surface area contributed by atoms with Gasteiger partial charge in [0.1, 0.15) is 0 Å². The van der Waals surface area contributed by atoms with E-state index in [1.807, 2.05) is 0 Å². The number of nitrogens with zero attached hydrogens (tertiary/aromatic N) is 2. The number of nitrogens with one attached hydrogen (secondary N) is 1. The van der Waals surface area contributed by atoms with Crippen molar-refractivity contribution < 1.29 is 14.0 Å². The quantitative estimate of drug-likeness (QED) is 0.671. The summed E-state index contributed by atoms with van der Waals surface area (Å²) in [6.45, 7) is 0. The molecule has 0 spiro atoms. The Morgan fingerprint density at radius 3 is 2.69 bits per heavy atom. The van der Waals surface area contributed by atoms with Crippen molar-refractivity contribution in [2.45, 2.75) is 18.8 Å². The molecule has 4 rings (SSSR count). The summed E-state index contributed by atoms with van der Waals surface area (Å²) < 4.78 is 15.8. The van der Waals surface area contributed by atoms with Gasteiger partial charge < -0.3 is 0 Å². The highest BCUT2D eigenvalue weighted by molar-refractivity contribution is 6.34. The van der Waals surface area contributed by atoms with E-state index in [0.29, 0.717) is 28.1 Å². The van der Waals surface area contributed by atoms with E-state index in [-0.39, 0.29) is 18.1 Å². The number of carbonyl (C=O) groups is 2. The zero-order valence-electron chi connectivity index (χ0n) is 15.1. The van der Waals surface area contributed by atoms with Crippen molar-refractivity contribution >= 4 is 23.4 Å². The Kier molecular flexibility index (Phi) is 4.98. The molecule has 0 radical (unpaired) electrons. The largest absolute Gasteiger partial charge is 0.296 e. The molecule has 2 aromatic heterocycles. The van der Waals surface area contributed by atoms with Gasteiger partial charge in [0, 0.05) is 36.0 Å². The Labute approximate surface area is 170 Å². The minimum absolute atomic E-state index is 0.114. The van der Waals surface area contributed by atoms with E-state index < -0.39 is 23.2 Å². The minimum atomic E-state index is -0.682. The minimum Gasteiger partial charge on any atom is -0.296 e. The van der Waals surface area contributed by atoms with Gasteiger partial charge in [-0.2, -0.15) is 0 Å². The summed E-state index contributed by atoms with van der Waals surface area (Å²) in [5.41, 5.74) is 1.09. The van der Waals surface area contributed by atoms with E-state index in [9.17, 15) is 18.8 Å². The molecule has 2 amide bonds. The molecule has 1 unspecified atom stereocenters. The van der Waals surface area contributed by atoms with Crippen LogP contribution in [0.4, 0.5) is 4.39 Å². The lowest BCUT2D eigenvalue weighted by Crippen LogP contribution is -2.39. The van der Waals surface area contributed by atoms with Gasteiger partial charge in [-0.25, -0.2) is 9.37 Å². The molecular formula is C21H15ClFN3O3. The van der Waals surface area contributed by atoms with Gasteiger partial charge in [-0.05, 0) is 24.1 Å². The molecule has 1 atom stereocenters. The predicted octanol–water partition coefficient (Wildman–Crippen LogP) is 3.21. The number of rotatable bonds is 3. The summed E-state index contributed by atoms with van der Waals surface area (Å²) in [5, 5.41) is 2.61. The number of hydrogen-bond donors (Lipinski definition) is 1. The Bertz CT molecular complexity index is 1190. The van der Waals surface area contributed by atoms with Gasteiger partial charge in [-0.3, -0.25) is 24.3 Å². The first-order valence-electron chi connectivity index (χ1n) is 8.92. The highest BCUT2D eigenvalue weighted by Crippen LogP contribution is 2.37. The molecule has 1 aromatic carbocycles. The molecule has 1 N–H and O–H groups in total. The van der Waals surface area contributed by atoms with Crippen LogP contribution in [-0.2, 0) is 9.59 Å². The molecule has 0 saturated carbocycles. The summed E-state index contributed by atoms with van der Waals surface area (Å²) in [6.07, 6.45) is 3.45. The fourth-order valence-corrected chi connectivity index (χ4v) is 3.76. The van der Waals surface area contributed by atoms with E-state index >= 15 is 0 Å². The second-order valence-electron chi connectivity index (χ2n) is 6.65. The number of pyridine rings is 2. The van der Waals surface area contributed by atoms with E-state index in [0.717, 1.165) is 4.57 Å². The van der Waals surface area contributed by atoms with E-state index in [4.69, 9.17) is 11.6 Å². The van der Waals surface area contributed by atoms with E-state index in [1.54, 1.807) is 30.3 Å². The average molecular weight is 412 g/mol. The zero-order valence-corrected chi connectivity index (χ0v) is 15.8. The van der Waals surface area contributed by atoms with E-state index in [1.165, 1.54) is 24.5 Å². The fraction of sp³-hybridized carbons (Fsp3) is 0.143. The fourth-order valence-electron chi connectivity index (χ4n) is 3.39. The second-order valence-corrected chi connectivity index (χ2v) is 7.03. The number of amides is 2. The maximum atomic E-state index is 14.7. The maximum Gasteiger partial charge on any atom is 0.256 e. The lowest BCUT2D eigenvalue weighted by atomic mass is 9.88. The van der Waals surface area contributed by atoms with Crippen LogP contribution in [0.15, 0.2) is 59.7 Å². The molecule has 0 aliphatic carbocycles. The maximum absolute atomic E-state index is 14.7. The van der Waals surface area contributed by atoms with E-state index in [2.05, 4.69) is 10.3 Å². The molecule has 0 bridgehead atoms. The van der Waals surface area contributed by atoms with Gasteiger partial charge in [0.2, 0.25) is 11.8 Å². The van der Waals surface area contributed by atoms with Crippen LogP contribution in [0.3, 0.4) is 0 Å². The Hall–Kier alpha value is -3.32. The normalized spacial score (nSPS) is 16.6. The van der Waals surface area contributed by atoms with Crippen molar-refractivity contribution in [1.82, 2.24) is 14.9 Å². The predicted molar refractivity (Wildman–Crippen MR) is 105 cm³/mol. The molecule has 146 valence electrons. The zero-order chi connectivity index (χ0) is 20.5. The number of piperidine rings is 1. The molecule has 3 heterocycles. The molecule has 8 heteroatoms. The Balaban J connectivity index is 1.74. The van der Waals surface area contributed by atoms with Crippen LogP contribution in [0.1, 0.15) is 24.3 Å². The Morgan fingerprint density at radius 1 is 1.14 bits per heavy atom. The van der Waals surface area contributed by atoms with Crippen LogP contribution < -0.4 is 10.9 Å². The summed E-state index contributed by atoms with van der Waals surface area (Å²) in [6, 6.07) is 10.9. The highest BCUT2D eigenvalue weighted by Gasteiger charge is 2.30. The van der Waals surface area contributed by atoms with Gasteiger partial charge in [0.05, 0.1) is 10.9 Å². The second kappa shape index (κ2) is 7.60. The van der Waals surface area contributed by atoms with Gasteiger partial charge in [0.15, 0.2) is 11.6 Å². The molecule has 3 aromatic rings. The summed E-state index contributed by atoms with van der Waals surface area (Å²) in [7, 11) is 0. The van der Waals surface area contributed by atoms with Crippen LogP contribution in [0.25, 0.3) is 16.9 Å². The van der Waals surface area contributed by atoms with Crippen molar-refractivity contribution in [3.8, 4) is 16.9 Å². The van der Waals surface area contributed by atoms with Crippen molar-refractivity contribution in [2.75, 3.05) is 0 Å². The third kappa shape index (κ3) is 3.56. The summed E-state index contributed by atoms with van der Waals surface area (Å²) in [4.78, 5) is 39.6. The molecule has 1 aliphatic heterocycles. The molecule has 1 saturated heterocycles. The van der Waals surface area contributed by atoms with Gasteiger partial charge in [0.25, 0.3) is 5.56 Å². The van der Waals surface area contributed by atoms with Gasteiger partial charge >= 0.3 is 0 Å². The third-order valence-corrected chi connectivity index (χ3v) is 5.25. The van der Waals surface area contributed by atoms with Gasteiger partial charge in [-0.1, -0.05) is 35.9 Å². The average Bonchev–Trinajstić information content (AvgIpc) is 2.69. The summed E-state index contributed by atoms with van der Waals surface area (Å²) in [5.74, 6) is -2.06. The van der Waals surface area contributed by atoms with Crippen molar-refractivity contribution in [1.29, 1.82) is 0 Å². The van der Waals surface area contributed by atoms with Crippen LogP contribution in [0, 0.1) is 5.82 Å². The standard InChI is InChI=1S/C21H15ClFN3O3/c22-19-13(4-3-5-14(19)15-7-8-17(27)25-21(15)29)12-10-16(23)20(24-11-12)26-9-2-1-6-18(26)28/h1-6,9-11,15H,7-8H2,(H,25,27,29). The first-order chi connectivity index (χ1) is 14.0. The van der Waals surface area contributed by atoms with Crippen LogP contribution in [0.2, 0.25) is 5.02 Å². The van der Waals surface area contributed by atoms with Crippen molar-refractivity contribution in [3.05, 3.63) is 81.6 Å². The first kappa shape index (κ1) is 19.0. The molecule has 1 aliphatic rings. The molecule has 6 nitrogen and oxygen atoms in total. The van der Waals surface area contributed by atoms with Crippen molar-refractivity contribution in [3.63, 3.8) is 0 Å². The smallest absolute Gasteiger partial charge is 0.256 e. The number of imide groups is 1. The van der Waals surface area contributed by atoms with Crippen LogP contribution in [-0.4, -0.2) is 21.4 Å². The number of aromatic nitrogens is 2. The number of halogens is 2. The lowest BCUT2D eigenvalue weighted by molar-refractivity contribution is -0.134. The van der Waals surface area contributed by atoms with Gasteiger partial charge in [-0.15, -0.1) is 0 Å². The molecule has 29 heavy (non-hydrogen) atoms. The van der Waals surface area contributed by atoms with Crippen LogP contribution in [0.5, 0.6) is 0 Å². The third-order valence-electron chi connectivity index (χ3n) is 4.83. The monoisotopic (exact) mass is 411 g/mol. The highest BCUT2D eigenvalue weighted by atomic mass is 35.5. The van der Waals surface area contributed by atoms with Crippen molar-refractivity contribution in [2.24, 2.45) is 0 Å². The molecular weight excluding hydrogens is 397 g/mol.